The molecule has 2 nitrogen and oxygen atoms in total. The number of nitrogens with zero attached hydrogens (tertiary/aromatic N) is 1. The molecule has 0 saturated carbocycles. The summed E-state index contributed by atoms with van der Waals surface area (Å²) in [7, 11) is 0. The van der Waals surface area contributed by atoms with Gasteiger partial charge in [-0.2, -0.15) is 0 Å². The van der Waals surface area contributed by atoms with Crippen molar-refractivity contribution in [3.8, 4) is 0 Å². The zero-order valence-corrected chi connectivity index (χ0v) is 33.8. The third-order valence-corrected chi connectivity index (χ3v) is 14.9. The molecule has 292 valence electrons. The predicted octanol–water partition coefficient (Wildman–Crippen LogP) is 11.5. The van der Waals surface area contributed by atoms with Crippen LogP contribution in [0, 0.1) is 35.5 Å². The summed E-state index contributed by atoms with van der Waals surface area (Å²) in [4.78, 5) is 2.71. The second-order valence-corrected chi connectivity index (χ2v) is 18.1. The van der Waals surface area contributed by atoms with E-state index in [-0.39, 0.29) is 12.2 Å². The first-order chi connectivity index (χ1) is 28.7. The lowest BCUT2D eigenvalue weighted by molar-refractivity contribution is 0.0732. The summed E-state index contributed by atoms with van der Waals surface area (Å²) in [5.74, 6) is 3.00. The van der Waals surface area contributed by atoms with Crippen LogP contribution in [-0.4, -0.2) is 23.1 Å². The van der Waals surface area contributed by atoms with Crippen LogP contribution in [-0.2, 0) is 4.74 Å². The van der Waals surface area contributed by atoms with Crippen molar-refractivity contribution in [2.24, 2.45) is 35.5 Å². The quantitative estimate of drug-likeness (QED) is 0.257. The van der Waals surface area contributed by atoms with Gasteiger partial charge in [-0.1, -0.05) is 152 Å². The molecule has 58 heavy (non-hydrogen) atoms. The molecule has 0 bridgehead atoms. The van der Waals surface area contributed by atoms with Crippen LogP contribution in [0.5, 0.6) is 0 Å². The lowest BCUT2D eigenvalue weighted by Crippen LogP contribution is -2.41. The topological polar surface area (TPSA) is 12.5 Å². The molecule has 0 radical (unpaired) electrons. The maximum Gasteiger partial charge on any atom is 0.0902 e. The highest BCUT2D eigenvalue weighted by atomic mass is 16.5. The highest BCUT2D eigenvalue weighted by Crippen LogP contribution is 2.49. The van der Waals surface area contributed by atoms with Crippen LogP contribution in [0.4, 0.5) is 0 Å². The molecule has 1 aromatic carbocycles. The number of hydrogen-bond acceptors (Lipinski definition) is 2. The molecular weight excluding hydrogens is 703 g/mol. The van der Waals surface area contributed by atoms with Gasteiger partial charge in [-0.25, -0.2) is 0 Å². The molecule has 1 saturated heterocycles. The molecule has 1 aromatic rings. The summed E-state index contributed by atoms with van der Waals surface area (Å²) in [5, 5.41) is 2.77. The van der Waals surface area contributed by atoms with E-state index in [9.17, 15) is 0 Å². The van der Waals surface area contributed by atoms with Gasteiger partial charge in [0.05, 0.1) is 18.2 Å². The lowest BCUT2D eigenvalue weighted by Gasteiger charge is -2.39. The molecule has 1 aliphatic heterocycles. The normalized spacial score (nSPS) is 34.2. The Morgan fingerprint density at radius 2 is 1.60 bits per heavy atom. The van der Waals surface area contributed by atoms with Crippen molar-refractivity contribution >= 4 is 11.8 Å². The highest BCUT2D eigenvalue weighted by Gasteiger charge is 2.47. The lowest BCUT2D eigenvalue weighted by atomic mass is 9.69. The number of benzene rings is 1. The van der Waals surface area contributed by atoms with Crippen LogP contribution in [0.15, 0.2) is 191 Å². The van der Waals surface area contributed by atoms with Crippen molar-refractivity contribution in [1.82, 2.24) is 4.90 Å². The Labute approximate surface area is 345 Å². The SMILES string of the molecule is C1=CCCC(C2=CC=CC3C2OC2C=CC(C4C=C(C5C=CC(N(C6=c7ccccc7=CCC6)C6C=CC(C7CC=CC8=C7C=CCC8)=CC6)=CC5)C=CC4)CC23)=C1. The van der Waals surface area contributed by atoms with Gasteiger partial charge in [-0.05, 0) is 133 Å². The Morgan fingerprint density at radius 3 is 2.50 bits per heavy atom. The van der Waals surface area contributed by atoms with Crippen molar-refractivity contribution in [3.05, 3.63) is 201 Å². The molecule has 0 amide bonds. The minimum atomic E-state index is 0.196. The van der Waals surface area contributed by atoms with Crippen molar-refractivity contribution in [2.75, 3.05) is 0 Å². The first-order valence-corrected chi connectivity index (χ1v) is 22.6. The molecular formula is C56H57NO. The van der Waals surface area contributed by atoms with E-state index in [1.54, 1.807) is 11.1 Å². The number of hydrogen-bond donors (Lipinski definition) is 0. The smallest absolute Gasteiger partial charge is 0.0902 e. The molecule has 9 unspecified atom stereocenters. The van der Waals surface area contributed by atoms with E-state index in [0.717, 1.165) is 51.4 Å². The Hall–Kier alpha value is -4.92. The minimum absolute atomic E-state index is 0.196. The maximum absolute atomic E-state index is 6.84. The van der Waals surface area contributed by atoms with Gasteiger partial charge in [-0.3, -0.25) is 0 Å². The first kappa shape index (κ1) is 36.2. The first-order valence-electron chi connectivity index (χ1n) is 22.6. The van der Waals surface area contributed by atoms with E-state index in [4.69, 9.17) is 4.74 Å². The Kier molecular flexibility index (Phi) is 9.78. The maximum atomic E-state index is 6.84. The summed E-state index contributed by atoms with van der Waals surface area (Å²) in [6.07, 6.45) is 66.2. The monoisotopic (exact) mass is 759 g/mol. The highest BCUT2D eigenvalue weighted by molar-refractivity contribution is 5.56. The minimum Gasteiger partial charge on any atom is -0.365 e. The number of ether oxygens (including phenoxy) is 1. The number of rotatable bonds is 7. The van der Waals surface area contributed by atoms with Gasteiger partial charge in [0, 0.05) is 34.4 Å². The van der Waals surface area contributed by atoms with Gasteiger partial charge in [0.15, 0.2) is 0 Å². The van der Waals surface area contributed by atoms with E-state index < -0.39 is 0 Å². The van der Waals surface area contributed by atoms with Crippen LogP contribution in [0.25, 0.3) is 11.8 Å². The van der Waals surface area contributed by atoms with Crippen LogP contribution < -0.4 is 10.4 Å². The second kappa shape index (κ2) is 15.7. The van der Waals surface area contributed by atoms with Gasteiger partial charge in [-0.15, -0.1) is 0 Å². The summed E-state index contributed by atoms with van der Waals surface area (Å²) in [6, 6.07) is 9.35. The van der Waals surface area contributed by atoms with Crippen LogP contribution >= 0.6 is 0 Å². The Balaban J connectivity index is 0.816. The molecule has 11 rings (SSSR count). The number of allylic oxidation sites excluding steroid dienone is 21. The zero-order chi connectivity index (χ0) is 38.4. The van der Waals surface area contributed by atoms with E-state index in [2.05, 4.69) is 163 Å². The largest absolute Gasteiger partial charge is 0.365 e. The van der Waals surface area contributed by atoms with Crippen molar-refractivity contribution < 1.29 is 4.74 Å². The van der Waals surface area contributed by atoms with Crippen molar-refractivity contribution in [2.45, 2.75) is 88.9 Å². The average molecular weight is 760 g/mol. The molecule has 0 spiro atoms. The van der Waals surface area contributed by atoms with Gasteiger partial charge in [0.25, 0.3) is 0 Å². The number of fused-ring (bicyclic) bond motifs is 4. The molecule has 2 heteroatoms. The van der Waals surface area contributed by atoms with E-state index in [1.807, 2.05) is 0 Å². The average Bonchev–Trinajstić information content (AvgIpc) is 3.68. The van der Waals surface area contributed by atoms with E-state index in [1.165, 1.54) is 63.4 Å². The molecule has 10 aliphatic rings. The fraction of sp³-hybridized carbons (Fsp3) is 0.357. The standard InChI is InChI=1S/C56H57NO/c1-2-12-41(13-3-1)51-23-11-24-52-53-37-45(30-35-55(53)58-56(51)52)44-19-8-18-43(36-44)38-26-31-46(32-27-38)57(54-25-10-17-40-15-5-7-21-50(40)54)47-33-28-42(29-34-47)49-22-9-16-39-14-4-6-20-48(39)49/h1-2,5-9,11-12,15-18,20-21,23-24,26,28-33,35-36,38,44-45,47,49,52-53,55-56H,3-4,10,13-14,19,22,25,27,34,37H2. The summed E-state index contributed by atoms with van der Waals surface area (Å²) < 4.78 is 6.84. The second-order valence-electron chi connectivity index (χ2n) is 18.1. The Morgan fingerprint density at radius 1 is 0.655 bits per heavy atom. The van der Waals surface area contributed by atoms with Crippen molar-refractivity contribution in [1.29, 1.82) is 0 Å². The van der Waals surface area contributed by atoms with Gasteiger partial charge in [0.1, 0.15) is 0 Å². The fourth-order valence-electron chi connectivity index (χ4n) is 11.9. The fourth-order valence-corrected chi connectivity index (χ4v) is 11.9. The summed E-state index contributed by atoms with van der Waals surface area (Å²) in [5.41, 5.74) is 11.8. The molecule has 0 N–H and O–H groups in total. The molecule has 9 aliphatic carbocycles. The predicted molar refractivity (Wildman–Crippen MR) is 240 cm³/mol. The van der Waals surface area contributed by atoms with Crippen LogP contribution in [0.2, 0.25) is 0 Å². The third-order valence-electron chi connectivity index (χ3n) is 14.9. The summed E-state index contributed by atoms with van der Waals surface area (Å²) >= 11 is 0. The van der Waals surface area contributed by atoms with Crippen molar-refractivity contribution in [3.63, 3.8) is 0 Å². The van der Waals surface area contributed by atoms with E-state index in [0.29, 0.717) is 41.5 Å². The Bertz CT molecular complexity index is 2420. The van der Waals surface area contributed by atoms with Gasteiger partial charge >= 0.3 is 0 Å². The molecule has 0 aromatic heterocycles. The third kappa shape index (κ3) is 6.72. The van der Waals surface area contributed by atoms with Gasteiger partial charge in [0.2, 0.25) is 0 Å². The zero-order valence-electron chi connectivity index (χ0n) is 33.8. The van der Waals surface area contributed by atoms with Gasteiger partial charge < -0.3 is 9.64 Å². The van der Waals surface area contributed by atoms with Crippen LogP contribution in [0.3, 0.4) is 0 Å². The molecule has 1 heterocycles. The summed E-state index contributed by atoms with van der Waals surface area (Å²) in [6.45, 7) is 0. The molecule has 1 fully saturated rings. The van der Waals surface area contributed by atoms with Crippen LogP contribution in [0.1, 0.15) is 70.6 Å². The van der Waals surface area contributed by atoms with E-state index >= 15 is 0 Å². The molecule has 9 atom stereocenters.